The van der Waals surface area contributed by atoms with Gasteiger partial charge in [0.2, 0.25) is 5.91 Å². The Morgan fingerprint density at radius 3 is 2.83 bits per heavy atom. The molecule has 6 heteroatoms. The highest BCUT2D eigenvalue weighted by molar-refractivity contribution is 7.13. The van der Waals surface area contributed by atoms with Gasteiger partial charge >= 0.3 is 0 Å². The monoisotopic (exact) mass is 267 g/mol. The molecule has 1 fully saturated rings. The molecule has 1 aliphatic rings. The van der Waals surface area contributed by atoms with Crippen LogP contribution >= 0.6 is 11.3 Å². The first-order valence-corrected chi connectivity index (χ1v) is 6.86. The van der Waals surface area contributed by atoms with Gasteiger partial charge in [0.25, 0.3) is 5.91 Å². The zero-order valence-corrected chi connectivity index (χ0v) is 11.6. The van der Waals surface area contributed by atoms with E-state index in [2.05, 4.69) is 10.3 Å². The van der Waals surface area contributed by atoms with Crippen molar-refractivity contribution in [2.75, 3.05) is 13.6 Å². The summed E-state index contributed by atoms with van der Waals surface area (Å²) < 4.78 is 0. The minimum atomic E-state index is -0.380. The van der Waals surface area contributed by atoms with Gasteiger partial charge in [-0.1, -0.05) is 6.92 Å². The van der Waals surface area contributed by atoms with E-state index in [4.69, 9.17) is 0 Å². The van der Waals surface area contributed by atoms with Crippen LogP contribution in [-0.2, 0) is 11.2 Å². The van der Waals surface area contributed by atoms with Gasteiger partial charge in [-0.15, -0.1) is 11.3 Å². The molecule has 1 saturated heterocycles. The molecule has 2 heterocycles. The van der Waals surface area contributed by atoms with Crippen molar-refractivity contribution in [3.63, 3.8) is 0 Å². The molecule has 2 amide bonds. The highest BCUT2D eigenvalue weighted by Crippen LogP contribution is 2.19. The van der Waals surface area contributed by atoms with E-state index in [0.29, 0.717) is 17.8 Å². The average Bonchev–Trinajstić information content (AvgIpc) is 2.86. The minimum Gasteiger partial charge on any atom is -0.344 e. The maximum Gasteiger partial charge on any atom is 0.263 e. The molecule has 1 aliphatic heterocycles. The molecule has 18 heavy (non-hydrogen) atoms. The van der Waals surface area contributed by atoms with Gasteiger partial charge < -0.3 is 10.2 Å². The Labute approximate surface area is 110 Å². The Hall–Kier alpha value is -1.43. The molecule has 0 bridgehead atoms. The number of amides is 2. The van der Waals surface area contributed by atoms with Gasteiger partial charge in [0, 0.05) is 13.6 Å². The van der Waals surface area contributed by atoms with Gasteiger partial charge in [-0.3, -0.25) is 9.59 Å². The summed E-state index contributed by atoms with van der Waals surface area (Å²) in [5.41, 5.74) is 0.744. The smallest absolute Gasteiger partial charge is 0.263 e. The number of rotatable bonds is 3. The molecule has 2 rings (SSSR count). The normalized spacial score (nSPS) is 19.4. The molecule has 0 aliphatic carbocycles. The van der Waals surface area contributed by atoms with Crippen molar-refractivity contribution in [3.8, 4) is 0 Å². The summed E-state index contributed by atoms with van der Waals surface area (Å²) in [5.74, 6) is -0.195. The van der Waals surface area contributed by atoms with Crippen LogP contribution in [-0.4, -0.2) is 41.3 Å². The van der Waals surface area contributed by atoms with Gasteiger partial charge in [0.1, 0.15) is 10.9 Å². The molecule has 0 aromatic carbocycles. The van der Waals surface area contributed by atoms with Crippen LogP contribution in [0.25, 0.3) is 0 Å². The minimum absolute atomic E-state index is 0.0127. The standard InChI is InChI=1S/C12H17N3O2S/c1-4-9-13-7(2)10(18-9)11(16)14-8-5-6-15(3)12(8)17/h8H,4-6H2,1-3H3,(H,14,16)/t8-/m1/s1. The number of carbonyl (C=O) groups excluding carboxylic acids is 2. The van der Waals surface area contributed by atoms with E-state index in [1.54, 1.807) is 11.9 Å². The van der Waals surface area contributed by atoms with E-state index >= 15 is 0 Å². The molecule has 5 nitrogen and oxygen atoms in total. The highest BCUT2D eigenvalue weighted by atomic mass is 32.1. The zero-order chi connectivity index (χ0) is 13.3. The van der Waals surface area contributed by atoms with Crippen molar-refractivity contribution < 1.29 is 9.59 Å². The van der Waals surface area contributed by atoms with Crippen LogP contribution in [0.4, 0.5) is 0 Å². The zero-order valence-electron chi connectivity index (χ0n) is 10.8. The Bertz CT molecular complexity index is 484. The molecule has 1 atom stereocenters. The SMILES string of the molecule is CCc1nc(C)c(C(=O)N[C@@H]2CCN(C)C2=O)s1. The van der Waals surface area contributed by atoms with Gasteiger partial charge in [-0.25, -0.2) is 4.98 Å². The van der Waals surface area contributed by atoms with Crippen molar-refractivity contribution in [1.82, 2.24) is 15.2 Å². The molecule has 1 N–H and O–H groups in total. The molecule has 1 aromatic rings. The number of carbonyl (C=O) groups is 2. The molecule has 0 unspecified atom stereocenters. The maximum absolute atomic E-state index is 12.1. The van der Waals surface area contributed by atoms with Crippen molar-refractivity contribution in [1.29, 1.82) is 0 Å². The predicted molar refractivity (Wildman–Crippen MR) is 69.7 cm³/mol. The van der Waals surface area contributed by atoms with E-state index in [1.807, 2.05) is 13.8 Å². The van der Waals surface area contributed by atoms with Crippen LogP contribution in [0, 0.1) is 6.92 Å². The second-order valence-corrected chi connectivity index (χ2v) is 5.53. The second kappa shape index (κ2) is 5.06. The van der Waals surface area contributed by atoms with E-state index in [-0.39, 0.29) is 17.9 Å². The van der Waals surface area contributed by atoms with E-state index in [0.717, 1.165) is 17.1 Å². The number of nitrogens with zero attached hydrogens (tertiary/aromatic N) is 2. The number of hydrogen-bond donors (Lipinski definition) is 1. The average molecular weight is 267 g/mol. The van der Waals surface area contributed by atoms with Crippen LogP contribution in [0.15, 0.2) is 0 Å². The first kappa shape index (κ1) is 13.0. The molecular formula is C12H17N3O2S. The van der Waals surface area contributed by atoms with Gasteiger partial charge in [-0.05, 0) is 19.8 Å². The largest absolute Gasteiger partial charge is 0.344 e. The van der Waals surface area contributed by atoms with Crippen LogP contribution in [0.1, 0.15) is 33.7 Å². The predicted octanol–water partition coefficient (Wildman–Crippen LogP) is 0.974. The van der Waals surface area contributed by atoms with E-state index in [1.165, 1.54) is 11.3 Å². The van der Waals surface area contributed by atoms with Gasteiger partial charge in [-0.2, -0.15) is 0 Å². The second-order valence-electron chi connectivity index (χ2n) is 4.45. The van der Waals surface area contributed by atoms with Gasteiger partial charge in [0.15, 0.2) is 0 Å². The Morgan fingerprint density at radius 2 is 2.33 bits per heavy atom. The third-order valence-corrected chi connectivity index (χ3v) is 4.38. The van der Waals surface area contributed by atoms with Crippen LogP contribution in [0.5, 0.6) is 0 Å². The van der Waals surface area contributed by atoms with Crippen LogP contribution in [0.3, 0.4) is 0 Å². The summed E-state index contributed by atoms with van der Waals surface area (Å²) in [6, 6.07) is -0.380. The summed E-state index contributed by atoms with van der Waals surface area (Å²) in [7, 11) is 1.75. The lowest BCUT2D eigenvalue weighted by Crippen LogP contribution is -2.40. The van der Waals surface area contributed by atoms with Crippen molar-refractivity contribution in [3.05, 3.63) is 15.6 Å². The molecule has 0 spiro atoms. The number of hydrogen-bond acceptors (Lipinski definition) is 4. The van der Waals surface area contributed by atoms with Gasteiger partial charge in [0.05, 0.1) is 10.7 Å². The fourth-order valence-electron chi connectivity index (χ4n) is 1.99. The van der Waals surface area contributed by atoms with Crippen LogP contribution in [0.2, 0.25) is 0 Å². The van der Waals surface area contributed by atoms with E-state index < -0.39 is 0 Å². The topological polar surface area (TPSA) is 62.3 Å². The number of likely N-dealkylation sites (tertiary alicyclic amines) is 1. The Kier molecular flexibility index (Phi) is 3.65. The summed E-state index contributed by atoms with van der Waals surface area (Å²) in [5, 5.41) is 3.75. The molecule has 0 saturated carbocycles. The van der Waals surface area contributed by atoms with Crippen molar-refractivity contribution >= 4 is 23.2 Å². The summed E-state index contributed by atoms with van der Waals surface area (Å²) >= 11 is 1.40. The number of thiazole rings is 1. The lowest BCUT2D eigenvalue weighted by atomic mass is 10.2. The third kappa shape index (κ3) is 2.38. The summed E-state index contributed by atoms with van der Waals surface area (Å²) in [6.07, 6.45) is 1.50. The Morgan fingerprint density at radius 1 is 1.61 bits per heavy atom. The number of nitrogens with one attached hydrogen (secondary N) is 1. The maximum atomic E-state index is 12.1. The first-order chi connectivity index (χ1) is 8.52. The fraction of sp³-hybridized carbons (Fsp3) is 0.583. The van der Waals surface area contributed by atoms with Crippen molar-refractivity contribution in [2.24, 2.45) is 0 Å². The number of likely N-dealkylation sites (N-methyl/N-ethyl adjacent to an activating group) is 1. The highest BCUT2D eigenvalue weighted by Gasteiger charge is 2.31. The quantitative estimate of drug-likeness (QED) is 0.888. The Balaban J connectivity index is 2.08. The fourth-order valence-corrected chi connectivity index (χ4v) is 2.90. The number of aryl methyl sites for hydroxylation is 2. The number of aromatic nitrogens is 1. The van der Waals surface area contributed by atoms with E-state index in [9.17, 15) is 9.59 Å². The first-order valence-electron chi connectivity index (χ1n) is 6.05. The molecule has 1 aromatic heterocycles. The summed E-state index contributed by atoms with van der Waals surface area (Å²) in [6.45, 7) is 4.54. The lowest BCUT2D eigenvalue weighted by Gasteiger charge is -2.11. The summed E-state index contributed by atoms with van der Waals surface area (Å²) in [4.78, 5) is 30.4. The third-order valence-electron chi connectivity index (χ3n) is 3.08. The van der Waals surface area contributed by atoms with Crippen molar-refractivity contribution in [2.45, 2.75) is 32.7 Å². The van der Waals surface area contributed by atoms with Crippen LogP contribution < -0.4 is 5.32 Å². The molecule has 98 valence electrons. The molecular weight excluding hydrogens is 250 g/mol. The molecule has 0 radical (unpaired) electrons. The lowest BCUT2D eigenvalue weighted by molar-refractivity contribution is -0.128.